The van der Waals surface area contributed by atoms with Crippen molar-refractivity contribution in [1.82, 2.24) is 0 Å². The van der Waals surface area contributed by atoms with Crippen LogP contribution >= 0.6 is 0 Å². The molecular weight excluding hydrogens is 330 g/mol. The number of benzene rings is 2. The normalized spacial score (nSPS) is 10.4. The van der Waals surface area contributed by atoms with Crippen molar-refractivity contribution in [3.05, 3.63) is 77.2 Å². The topological polar surface area (TPSA) is 60.7 Å². The highest BCUT2D eigenvalue weighted by molar-refractivity contribution is 6.03. The van der Waals surface area contributed by atoms with Gasteiger partial charge in [-0.15, -0.1) is 0 Å². The molecule has 0 saturated carbocycles. The van der Waals surface area contributed by atoms with Crippen LogP contribution in [0, 0.1) is 13.8 Å². The van der Waals surface area contributed by atoms with Crippen molar-refractivity contribution in [3.8, 4) is 11.5 Å². The molecule has 0 saturated heterocycles. The van der Waals surface area contributed by atoms with E-state index in [1.807, 2.05) is 56.3 Å². The summed E-state index contributed by atoms with van der Waals surface area (Å²) >= 11 is 0. The van der Waals surface area contributed by atoms with E-state index in [1.165, 1.54) is 0 Å². The van der Waals surface area contributed by atoms with Crippen LogP contribution in [-0.2, 0) is 6.61 Å². The van der Waals surface area contributed by atoms with Gasteiger partial charge in [0.2, 0.25) is 0 Å². The van der Waals surface area contributed by atoms with Crippen LogP contribution in [0.4, 0.5) is 5.69 Å². The van der Waals surface area contributed by atoms with E-state index < -0.39 is 0 Å². The average molecular weight is 351 g/mol. The Morgan fingerprint density at radius 3 is 2.62 bits per heavy atom. The zero-order valence-corrected chi connectivity index (χ0v) is 15.0. The lowest BCUT2D eigenvalue weighted by Gasteiger charge is -2.10. The van der Waals surface area contributed by atoms with Crippen LogP contribution in [-0.4, -0.2) is 13.0 Å². The molecule has 0 bridgehead atoms. The molecule has 3 rings (SSSR count). The number of methoxy groups -OCH3 is 1. The van der Waals surface area contributed by atoms with Crippen molar-refractivity contribution >= 4 is 11.6 Å². The Balaban J connectivity index is 1.67. The molecule has 134 valence electrons. The zero-order chi connectivity index (χ0) is 18.5. The number of hydrogen-bond donors (Lipinski definition) is 1. The van der Waals surface area contributed by atoms with Gasteiger partial charge in [0, 0.05) is 0 Å². The number of carbonyl (C=O) groups is 1. The van der Waals surface area contributed by atoms with Crippen LogP contribution in [0.2, 0.25) is 0 Å². The molecule has 0 aliphatic rings. The fourth-order valence-electron chi connectivity index (χ4n) is 2.55. The molecule has 2 aromatic carbocycles. The molecule has 0 unspecified atom stereocenters. The Labute approximate surface area is 152 Å². The molecule has 5 heteroatoms. The predicted molar refractivity (Wildman–Crippen MR) is 99.9 cm³/mol. The minimum Gasteiger partial charge on any atom is -0.495 e. The highest BCUT2D eigenvalue weighted by Gasteiger charge is 2.14. The van der Waals surface area contributed by atoms with Crippen LogP contribution in [0.25, 0.3) is 0 Å². The van der Waals surface area contributed by atoms with Gasteiger partial charge in [-0.1, -0.05) is 24.3 Å². The van der Waals surface area contributed by atoms with Crippen LogP contribution < -0.4 is 14.8 Å². The summed E-state index contributed by atoms with van der Waals surface area (Å²) in [6, 6.07) is 16.7. The Morgan fingerprint density at radius 1 is 1.04 bits per heavy atom. The maximum atomic E-state index is 12.4. The summed E-state index contributed by atoms with van der Waals surface area (Å²) in [6.45, 7) is 4.18. The number of anilines is 1. The van der Waals surface area contributed by atoms with E-state index in [0.717, 1.165) is 16.9 Å². The van der Waals surface area contributed by atoms with Gasteiger partial charge >= 0.3 is 0 Å². The number of nitrogens with one attached hydrogen (secondary N) is 1. The van der Waals surface area contributed by atoms with E-state index >= 15 is 0 Å². The smallest absolute Gasteiger partial charge is 0.291 e. The average Bonchev–Trinajstić information content (AvgIpc) is 3.10. The van der Waals surface area contributed by atoms with Crippen molar-refractivity contribution < 1.29 is 18.7 Å². The van der Waals surface area contributed by atoms with Gasteiger partial charge < -0.3 is 19.2 Å². The Morgan fingerprint density at radius 2 is 1.85 bits per heavy atom. The van der Waals surface area contributed by atoms with Crippen LogP contribution in [0.5, 0.6) is 11.5 Å². The van der Waals surface area contributed by atoms with Crippen molar-refractivity contribution in [1.29, 1.82) is 0 Å². The van der Waals surface area contributed by atoms with E-state index in [1.54, 1.807) is 19.2 Å². The van der Waals surface area contributed by atoms with Gasteiger partial charge in [0.25, 0.3) is 5.91 Å². The lowest BCUT2D eigenvalue weighted by molar-refractivity contribution is 0.0992. The molecule has 1 heterocycles. The van der Waals surface area contributed by atoms with Crippen molar-refractivity contribution in [2.45, 2.75) is 20.5 Å². The SMILES string of the molecule is COc1ccc(C)cc1NC(=O)c1ccc(COc2ccccc2C)o1. The Bertz CT molecular complexity index is 914. The Kier molecular flexibility index (Phi) is 5.27. The molecule has 1 aromatic heterocycles. The summed E-state index contributed by atoms with van der Waals surface area (Å²) in [5, 5.41) is 2.82. The van der Waals surface area contributed by atoms with Crippen LogP contribution in [0.1, 0.15) is 27.4 Å². The number of hydrogen-bond acceptors (Lipinski definition) is 4. The maximum absolute atomic E-state index is 12.4. The van der Waals surface area contributed by atoms with E-state index in [2.05, 4.69) is 5.32 Å². The first kappa shape index (κ1) is 17.6. The van der Waals surface area contributed by atoms with Crippen LogP contribution in [0.3, 0.4) is 0 Å². The van der Waals surface area contributed by atoms with Gasteiger partial charge in [-0.3, -0.25) is 4.79 Å². The van der Waals surface area contributed by atoms with E-state index in [-0.39, 0.29) is 18.3 Å². The number of amides is 1. The Hall–Kier alpha value is -3.21. The van der Waals surface area contributed by atoms with Gasteiger partial charge in [-0.25, -0.2) is 0 Å². The molecule has 5 nitrogen and oxygen atoms in total. The molecule has 0 aliphatic carbocycles. The minimum absolute atomic E-state index is 0.219. The highest BCUT2D eigenvalue weighted by atomic mass is 16.5. The zero-order valence-electron chi connectivity index (χ0n) is 15.0. The third kappa shape index (κ3) is 4.06. The molecule has 0 aliphatic heterocycles. The van der Waals surface area contributed by atoms with Gasteiger partial charge in [-0.2, -0.15) is 0 Å². The first-order valence-electron chi connectivity index (χ1n) is 8.30. The number of carbonyl (C=O) groups excluding carboxylic acids is 1. The fraction of sp³-hybridized carbons (Fsp3) is 0.190. The molecule has 0 fully saturated rings. The summed E-state index contributed by atoms with van der Waals surface area (Å²) in [7, 11) is 1.56. The van der Waals surface area contributed by atoms with Crippen molar-refractivity contribution in [2.24, 2.45) is 0 Å². The first-order valence-corrected chi connectivity index (χ1v) is 8.30. The van der Waals surface area contributed by atoms with E-state index in [9.17, 15) is 4.79 Å². The van der Waals surface area contributed by atoms with Crippen molar-refractivity contribution in [2.75, 3.05) is 12.4 Å². The maximum Gasteiger partial charge on any atom is 0.291 e. The number of ether oxygens (including phenoxy) is 2. The number of aryl methyl sites for hydroxylation is 2. The third-order valence-corrected chi connectivity index (χ3v) is 3.95. The predicted octanol–water partition coefficient (Wildman–Crippen LogP) is 4.74. The second kappa shape index (κ2) is 7.78. The van der Waals surface area contributed by atoms with E-state index in [4.69, 9.17) is 13.9 Å². The summed E-state index contributed by atoms with van der Waals surface area (Å²) in [5.74, 6) is 1.85. The summed E-state index contributed by atoms with van der Waals surface area (Å²) < 4.78 is 16.6. The summed E-state index contributed by atoms with van der Waals surface area (Å²) in [5.41, 5.74) is 2.67. The molecule has 1 N–H and O–H groups in total. The van der Waals surface area contributed by atoms with Crippen LogP contribution in [0.15, 0.2) is 59.0 Å². The molecule has 0 spiro atoms. The molecule has 26 heavy (non-hydrogen) atoms. The standard InChI is InChI=1S/C21H21NO4/c1-14-8-10-19(24-3)17(12-14)22-21(23)20-11-9-16(26-20)13-25-18-7-5-4-6-15(18)2/h4-12H,13H2,1-3H3,(H,22,23). The summed E-state index contributed by atoms with van der Waals surface area (Å²) in [4.78, 5) is 12.4. The first-order chi connectivity index (χ1) is 12.6. The monoisotopic (exact) mass is 351 g/mol. The number of para-hydroxylation sites is 1. The van der Waals surface area contributed by atoms with E-state index in [0.29, 0.717) is 17.2 Å². The second-order valence-corrected chi connectivity index (χ2v) is 5.98. The van der Waals surface area contributed by atoms with Gasteiger partial charge in [0.1, 0.15) is 23.9 Å². The molecular formula is C21H21NO4. The lowest BCUT2D eigenvalue weighted by atomic mass is 10.2. The molecule has 1 amide bonds. The highest BCUT2D eigenvalue weighted by Crippen LogP contribution is 2.26. The van der Waals surface area contributed by atoms with Gasteiger partial charge in [0.15, 0.2) is 5.76 Å². The van der Waals surface area contributed by atoms with Gasteiger partial charge in [-0.05, 0) is 55.3 Å². The molecule has 0 radical (unpaired) electrons. The summed E-state index contributed by atoms with van der Waals surface area (Å²) in [6.07, 6.45) is 0. The largest absolute Gasteiger partial charge is 0.495 e. The number of furan rings is 1. The second-order valence-electron chi connectivity index (χ2n) is 5.98. The minimum atomic E-state index is -0.337. The quantitative estimate of drug-likeness (QED) is 0.697. The van der Waals surface area contributed by atoms with Gasteiger partial charge in [0.05, 0.1) is 12.8 Å². The third-order valence-electron chi connectivity index (χ3n) is 3.95. The molecule has 3 aromatic rings. The number of rotatable bonds is 6. The molecule has 0 atom stereocenters. The fourth-order valence-corrected chi connectivity index (χ4v) is 2.55. The lowest BCUT2D eigenvalue weighted by Crippen LogP contribution is -2.12. The van der Waals surface area contributed by atoms with Crippen molar-refractivity contribution in [3.63, 3.8) is 0 Å².